The summed E-state index contributed by atoms with van der Waals surface area (Å²) in [5.41, 5.74) is 14.9. The van der Waals surface area contributed by atoms with Crippen molar-refractivity contribution in [1.82, 2.24) is 9.13 Å². The average Bonchev–Trinajstić information content (AvgIpc) is 3.88. The minimum absolute atomic E-state index is 0.429. The summed E-state index contributed by atoms with van der Waals surface area (Å²) in [5.74, 6) is 0. The minimum Gasteiger partial charge on any atom is -0.309 e. The van der Waals surface area contributed by atoms with Crippen LogP contribution in [0.2, 0.25) is 0 Å². The van der Waals surface area contributed by atoms with Gasteiger partial charge in [-0.1, -0.05) is 151 Å². The topological polar surface area (TPSA) is 9.86 Å². The summed E-state index contributed by atoms with van der Waals surface area (Å²) < 4.78 is 4.95. The fourth-order valence-corrected chi connectivity index (χ4v) is 11.6. The van der Waals surface area contributed by atoms with E-state index >= 15 is 0 Å². The monoisotopic (exact) mass is 728 g/mol. The lowest BCUT2D eigenvalue weighted by Crippen LogP contribution is -2.31. The lowest BCUT2D eigenvalue weighted by atomic mass is 9.67. The van der Waals surface area contributed by atoms with Gasteiger partial charge in [0.2, 0.25) is 0 Å². The molecule has 9 aromatic carbocycles. The smallest absolute Gasteiger partial charge is 0.0735 e. The first-order chi connectivity index (χ1) is 27.8. The number of aromatic nitrogens is 2. The van der Waals surface area contributed by atoms with E-state index < -0.39 is 5.41 Å². The summed E-state index contributed by atoms with van der Waals surface area (Å²) in [5, 5.41) is 7.55. The van der Waals surface area contributed by atoms with E-state index in [1.165, 1.54) is 103 Å². The van der Waals surface area contributed by atoms with Gasteiger partial charge < -0.3 is 9.13 Å². The summed E-state index contributed by atoms with van der Waals surface area (Å²) in [6, 6.07) is 72.5. The first-order valence-corrected chi connectivity index (χ1v) is 20.2. The van der Waals surface area contributed by atoms with Crippen LogP contribution < -0.4 is 0 Å². The van der Waals surface area contributed by atoms with Crippen LogP contribution in [-0.4, -0.2) is 9.13 Å². The summed E-state index contributed by atoms with van der Waals surface area (Å²) >= 11 is 1.91. The second-order valence-electron chi connectivity index (χ2n) is 15.2. The highest BCUT2D eigenvalue weighted by Crippen LogP contribution is 2.62. The van der Waals surface area contributed by atoms with Crippen molar-refractivity contribution in [3.05, 3.63) is 216 Å². The van der Waals surface area contributed by atoms with Gasteiger partial charge in [-0.15, -0.1) is 0 Å². The van der Waals surface area contributed by atoms with Crippen LogP contribution in [0.1, 0.15) is 22.3 Å². The lowest BCUT2D eigenvalue weighted by Gasteiger charge is -2.39. The molecule has 0 fully saturated rings. The first-order valence-electron chi connectivity index (χ1n) is 19.4. The van der Waals surface area contributed by atoms with E-state index in [0.717, 1.165) is 5.69 Å². The molecule has 13 rings (SSSR count). The van der Waals surface area contributed by atoms with Crippen LogP contribution in [0, 0.1) is 0 Å². The largest absolute Gasteiger partial charge is 0.309 e. The Balaban J connectivity index is 1.16. The Bertz CT molecular complexity index is 3410. The maximum Gasteiger partial charge on any atom is 0.0735 e. The van der Waals surface area contributed by atoms with E-state index in [1.807, 2.05) is 11.8 Å². The third kappa shape index (κ3) is 3.83. The van der Waals surface area contributed by atoms with Gasteiger partial charge in [-0.3, -0.25) is 0 Å². The van der Waals surface area contributed by atoms with Crippen molar-refractivity contribution >= 4 is 66.1 Å². The van der Waals surface area contributed by atoms with Crippen LogP contribution in [0.15, 0.2) is 204 Å². The predicted octanol–water partition coefficient (Wildman–Crippen LogP) is 13.9. The van der Waals surface area contributed by atoms with Crippen molar-refractivity contribution in [2.45, 2.75) is 15.2 Å². The van der Waals surface area contributed by atoms with Gasteiger partial charge >= 0.3 is 0 Å². The molecule has 1 aliphatic carbocycles. The van der Waals surface area contributed by atoms with Crippen molar-refractivity contribution in [3.8, 4) is 22.5 Å². The normalized spacial score (nSPS) is 13.8. The molecular weight excluding hydrogens is 697 g/mol. The van der Waals surface area contributed by atoms with Crippen LogP contribution >= 0.6 is 11.8 Å². The second-order valence-corrected chi connectivity index (χ2v) is 16.3. The number of benzene rings is 9. The van der Waals surface area contributed by atoms with Gasteiger partial charge in [0.25, 0.3) is 0 Å². The van der Waals surface area contributed by atoms with Crippen molar-refractivity contribution in [3.63, 3.8) is 0 Å². The molecule has 260 valence electrons. The van der Waals surface area contributed by atoms with Crippen LogP contribution in [0.3, 0.4) is 0 Å². The summed E-state index contributed by atoms with van der Waals surface area (Å²) in [6.45, 7) is 0. The van der Waals surface area contributed by atoms with E-state index in [1.54, 1.807) is 0 Å². The Morgan fingerprint density at radius 1 is 0.339 bits per heavy atom. The number of rotatable bonds is 2. The Kier molecular flexibility index (Phi) is 6.06. The molecule has 0 saturated carbocycles. The highest BCUT2D eigenvalue weighted by Gasteiger charge is 2.50. The molecule has 0 bridgehead atoms. The van der Waals surface area contributed by atoms with E-state index in [9.17, 15) is 0 Å². The maximum absolute atomic E-state index is 2.56. The molecule has 3 heteroatoms. The molecule has 3 heterocycles. The van der Waals surface area contributed by atoms with E-state index in [0.29, 0.717) is 0 Å². The van der Waals surface area contributed by atoms with Crippen LogP contribution in [0.25, 0.3) is 76.9 Å². The zero-order valence-corrected chi connectivity index (χ0v) is 31.1. The molecule has 0 amide bonds. The van der Waals surface area contributed by atoms with Gasteiger partial charge in [-0.05, 0) is 93.4 Å². The summed E-state index contributed by atoms with van der Waals surface area (Å²) in [6.07, 6.45) is 0. The van der Waals surface area contributed by atoms with Gasteiger partial charge in [0.1, 0.15) is 0 Å². The number of hydrogen-bond acceptors (Lipinski definition) is 1. The van der Waals surface area contributed by atoms with Gasteiger partial charge in [-0.25, -0.2) is 0 Å². The predicted molar refractivity (Wildman–Crippen MR) is 234 cm³/mol. The van der Waals surface area contributed by atoms with Crippen molar-refractivity contribution in [1.29, 1.82) is 0 Å². The SMILES string of the molecule is c1ccc(-n2c3ccccc3c3cc(-n4c5cc6c(cc5c5ccc7ccccc7c54)C4(c5ccccc5S6)c5ccccc5-c5ccccc54)ccc32)cc1. The molecule has 2 aliphatic rings. The Labute approximate surface area is 327 Å². The second kappa shape index (κ2) is 11.1. The van der Waals surface area contributed by atoms with Crippen LogP contribution in [0.5, 0.6) is 0 Å². The highest BCUT2D eigenvalue weighted by atomic mass is 32.2. The molecular formula is C53H32N2S. The molecule has 0 atom stereocenters. The maximum atomic E-state index is 2.56. The molecule has 56 heavy (non-hydrogen) atoms. The highest BCUT2D eigenvalue weighted by molar-refractivity contribution is 7.99. The molecule has 0 saturated heterocycles. The molecule has 11 aromatic rings. The van der Waals surface area contributed by atoms with E-state index in [-0.39, 0.29) is 0 Å². The molecule has 2 nitrogen and oxygen atoms in total. The van der Waals surface area contributed by atoms with Gasteiger partial charge in [0.15, 0.2) is 0 Å². The number of fused-ring (bicyclic) bond motifs is 17. The van der Waals surface area contributed by atoms with E-state index in [4.69, 9.17) is 0 Å². The fourth-order valence-electron chi connectivity index (χ4n) is 10.3. The van der Waals surface area contributed by atoms with Crippen LogP contribution in [0.4, 0.5) is 0 Å². The molecule has 0 radical (unpaired) electrons. The zero-order valence-electron chi connectivity index (χ0n) is 30.3. The molecule has 0 unspecified atom stereocenters. The van der Waals surface area contributed by atoms with Crippen molar-refractivity contribution in [2.24, 2.45) is 0 Å². The van der Waals surface area contributed by atoms with Crippen LogP contribution in [-0.2, 0) is 5.41 Å². The van der Waals surface area contributed by atoms with E-state index in [2.05, 4.69) is 203 Å². The Morgan fingerprint density at radius 3 is 1.80 bits per heavy atom. The van der Waals surface area contributed by atoms with Gasteiger partial charge in [-0.2, -0.15) is 0 Å². The average molecular weight is 729 g/mol. The van der Waals surface area contributed by atoms with Gasteiger partial charge in [0, 0.05) is 48.1 Å². The lowest BCUT2D eigenvalue weighted by molar-refractivity contribution is 0.724. The molecule has 1 aliphatic heterocycles. The first kappa shape index (κ1) is 30.5. The zero-order chi connectivity index (χ0) is 36.5. The summed E-state index contributed by atoms with van der Waals surface area (Å²) in [4.78, 5) is 2.62. The summed E-state index contributed by atoms with van der Waals surface area (Å²) in [7, 11) is 0. The molecule has 1 spiro atoms. The Morgan fingerprint density at radius 2 is 0.982 bits per heavy atom. The third-order valence-corrected chi connectivity index (χ3v) is 13.7. The quantitative estimate of drug-likeness (QED) is 0.172. The third-order valence-electron chi connectivity index (χ3n) is 12.5. The number of hydrogen-bond donors (Lipinski definition) is 0. The standard InChI is InChI=1S/C53H32N2S/c1-2-15-34(16-3-1)54-47-24-12-8-20-39(47)41-30-35(27-29-48(41)54)55-49-32-51-46(31-42(49)40-28-26-33-14-4-5-17-36(33)52(40)55)53(45-23-11-13-25-50(45)56-51)43-21-9-6-18-37(43)38-19-7-10-22-44(38)53/h1-32H. The Hall–Kier alpha value is -6.81. The fraction of sp³-hybridized carbons (Fsp3) is 0.0189. The number of nitrogens with zero attached hydrogens (tertiary/aromatic N) is 2. The minimum atomic E-state index is -0.429. The molecule has 2 aromatic heterocycles. The van der Waals surface area contributed by atoms with Crippen molar-refractivity contribution < 1.29 is 0 Å². The molecule has 0 N–H and O–H groups in total. The van der Waals surface area contributed by atoms with Gasteiger partial charge in [0.05, 0.1) is 27.5 Å². The number of para-hydroxylation sites is 2. The van der Waals surface area contributed by atoms with Crippen molar-refractivity contribution in [2.75, 3.05) is 0 Å².